The van der Waals surface area contributed by atoms with E-state index in [0.29, 0.717) is 18.8 Å². The number of oxime groups is 1. The first-order valence-electron chi connectivity index (χ1n) is 7.55. The molecular weight excluding hydrogens is 254 g/mol. The lowest BCUT2D eigenvalue weighted by molar-refractivity contribution is -0.127. The largest absolute Gasteiger partial charge is 0.409 e. The van der Waals surface area contributed by atoms with Gasteiger partial charge >= 0.3 is 0 Å². The van der Waals surface area contributed by atoms with Gasteiger partial charge in [0, 0.05) is 6.04 Å². The summed E-state index contributed by atoms with van der Waals surface area (Å²) in [6.45, 7) is 6.81. The molecule has 0 saturated heterocycles. The molecule has 2 bridgehead atoms. The lowest BCUT2D eigenvalue weighted by atomic mass is 9.68. The van der Waals surface area contributed by atoms with Crippen molar-refractivity contribution in [3.8, 4) is 0 Å². The van der Waals surface area contributed by atoms with E-state index in [2.05, 4.69) is 31.2 Å². The summed E-state index contributed by atoms with van der Waals surface area (Å²) in [4.78, 5) is 12.6. The van der Waals surface area contributed by atoms with Gasteiger partial charge in [0.25, 0.3) is 0 Å². The Kier molecular flexibility index (Phi) is 2.67. The quantitative estimate of drug-likeness (QED) is 0.319. The van der Waals surface area contributed by atoms with Crippen molar-refractivity contribution in [3.63, 3.8) is 0 Å². The summed E-state index contributed by atoms with van der Waals surface area (Å²) in [5.41, 5.74) is 5.29. The van der Waals surface area contributed by atoms with Crippen LogP contribution in [-0.4, -0.2) is 23.0 Å². The maximum Gasteiger partial charge on any atom is 0.234 e. The molecule has 3 rings (SSSR count). The number of nitrogens with zero attached hydrogens (tertiary/aromatic N) is 1. The minimum Gasteiger partial charge on any atom is -0.409 e. The highest BCUT2D eigenvalue weighted by molar-refractivity contribution is 6.09. The van der Waals surface area contributed by atoms with Gasteiger partial charge in [-0.1, -0.05) is 25.9 Å². The van der Waals surface area contributed by atoms with Gasteiger partial charge in [0.05, 0.1) is 0 Å². The number of rotatable bonds is 3. The van der Waals surface area contributed by atoms with Gasteiger partial charge in [0.15, 0.2) is 5.84 Å². The Hall–Kier alpha value is -1.26. The van der Waals surface area contributed by atoms with Gasteiger partial charge in [-0.15, -0.1) is 0 Å². The molecule has 3 unspecified atom stereocenters. The van der Waals surface area contributed by atoms with Crippen LogP contribution in [0.1, 0.15) is 52.9 Å². The first-order valence-corrected chi connectivity index (χ1v) is 7.55. The summed E-state index contributed by atoms with van der Waals surface area (Å²) in [6.07, 6.45) is 5.01. The Bertz CT molecular complexity index is 477. The molecule has 3 atom stereocenters. The number of amides is 1. The molecule has 1 amide bonds. The van der Waals surface area contributed by atoms with Gasteiger partial charge in [0.1, 0.15) is 5.41 Å². The van der Waals surface area contributed by atoms with Gasteiger partial charge in [0.2, 0.25) is 5.91 Å². The summed E-state index contributed by atoms with van der Waals surface area (Å²) in [5, 5.41) is 15.2. The van der Waals surface area contributed by atoms with Crippen LogP contribution < -0.4 is 11.1 Å². The molecule has 0 radical (unpaired) electrons. The Morgan fingerprint density at radius 2 is 1.95 bits per heavy atom. The normalized spacial score (nSPS) is 40.6. The van der Waals surface area contributed by atoms with Crippen molar-refractivity contribution in [2.24, 2.45) is 33.1 Å². The monoisotopic (exact) mass is 279 g/mol. The van der Waals surface area contributed by atoms with Crippen LogP contribution in [0.25, 0.3) is 0 Å². The molecule has 3 aliphatic carbocycles. The zero-order chi connectivity index (χ0) is 14.8. The third-order valence-corrected chi connectivity index (χ3v) is 6.33. The molecule has 4 N–H and O–H groups in total. The number of hydrogen-bond acceptors (Lipinski definition) is 3. The fourth-order valence-corrected chi connectivity index (χ4v) is 4.75. The molecule has 5 heteroatoms. The Morgan fingerprint density at radius 3 is 2.40 bits per heavy atom. The number of hydrogen-bond donors (Lipinski definition) is 3. The third kappa shape index (κ3) is 1.61. The SMILES string of the molecule is CC12CCC(C1)C(C)(C)C2NC(=O)C1(C(N)=NO)CC1. The van der Waals surface area contributed by atoms with Gasteiger partial charge in [-0.25, -0.2) is 0 Å². The molecule has 0 aromatic carbocycles. The van der Waals surface area contributed by atoms with E-state index in [-0.39, 0.29) is 28.6 Å². The van der Waals surface area contributed by atoms with E-state index in [1.54, 1.807) is 0 Å². The highest BCUT2D eigenvalue weighted by Crippen LogP contribution is 2.62. The molecule has 0 aliphatic heterocycles. The topological polar surface area (TPSA) is 87.7 Å². The molecule has 3 aliphatic rings. The van der Waals surface area contributed by atoms with Crippen LogP contribution >= 0.6 is 0 Å². The van der Waals surface area contributed by atoms with Crippen LogP contribution in [0.4, 0.5) is 0 Å². The molecule has 0 aromatic heterocycles. The number of fused-ring (bicyclic) bond motifs is 2. The van der Waals surface area contributed by atoms with Crippen LogP contribution in [0.2, 0.25) is 0 Å². The molecule has 3 saturated carbocycles. The van der Waals surface area contributed by atoms with Gasteiger partial charge in [-0.05, 0) is 48.9 Å². The summed E-state index contributed by atoms with van der Waals surface area (Å²) in [7, 11) is 0. The molecule has 0 spiro atoms. The Morgan fingerprint density at radius 1 is 1.30 bits per heavy atom. The molecular formula is C15H25N3O2. The Balaban J connectivity index is 1.80. The van der Waals surface area contributed by atoms with Crippen molar-refractivity contribution in [1.29, 1.82) is 0 Å². The van der Waals surface area contributed by atoms with E-state index in [4.69, 9.17) is 10.9 Å². The summed E-state index contributed by atoms with van der Waals surface area (Å²) in [5.74, 6) is 0.692. The average molecular weight is 279 g/mol. The third-order valence-electron chi connectivity index (χ3n) is 6.33. The molecule has 5 nitrogen and oxygen atoms in total. The van der Waals surface area contributed by atoms with Gasteiger partial charge in [-0.2, -0.15) is 0 Å². The molecule has 0 aromatic rings. The molecule has 112 valence electrons. The van der Waals surface area contributed by atoms with E-state index in [1.807, 2.05) is 0 Å². The average Bonchev–Trinajstić information content (AvgIpc) is 3.07. The number of amidine groups is 1. The van der Waals surface area contributed by atoms with E-state index in [9.17, 15) is 4.79 Å². The predicted octanol–water partition coefficient (Wildman–Crippen LogP) is 1.84. The van der Waals surface area contributed by atoms with Crippen molar-refractivity contribution >= 4 is 11.7 Å². The maximum absolute atomic E-state index is 12.6. The van der Waals surface area contributed by atoms with Crippen molar-refractivity contribution in [3.05, 3.63) is 0 Å². The molecule has 0 heterocycles. The summed E-state index contributed by atoms with van der Waals surface area (Å²) < 4.78 is 0. The van der Waals surface area contributed by atoms with Crippen molar-refractivity contribution in [2.75, 3.05) is 0 Å². The summed E-state index contributed by atoms with van der Waals surface area (Å²) in [6, 6.07) is 0.185. The highest BCUT2D eigenvalue weighted by atomic mass is 16.4. The van der Waals surface area contributed by atoms with Crippen molar-refractivity contribution in [1.82, 2.24) is 5.32 Å². The smallest absolute Gasteiger partial charge is 0.234 e. The van der Waals surface area contributed by atoms with E-state index < -0.39 is 5.41 Å². The zero-order valence-corrected chi connectivity index (χ0v) is 12.6. The minimum absolute atomic E-state index is 0.0559. The van der Waals surface area contributed by atoms with Crippen molar-refractivity contribution in [2.45, 2.75) is 58.9 Å². The minimum atomic E-state index is -0.747. The number of nitrogens with one attached hydrogen (secondary N) is 1. The standard InChI is InChI=1S/C15H25N3O2/c1-13(2)9-4-5-14(3,8-9)10(13)17-12(19)15(6-7-15)11(16)18-20/h9-10,20H,4-8H2,1-3H3,(H2,16,18)(H,17,19). The number of nitrogens with two attached hydrogens (primary N) is 1. The first kappa shape index (κ1) is 13.7. The van der Waals surface area contributed by atoms with Crippen LogP contribution in [0.3, 0.4) is 0 Å². The number of carbonyl (C=O) groups excluding carboxylic acids is 1. The summed E-state index contributed by atoms with van der Waals surface area (Å²) >= 11 is 0. The second-order valence-corrected chi connectivity index (χ2v) is 7.89. The van der Waals surface area contributed by atoms with E-state index in [1.165, 1.54) is 19.3 Å². The van der Waals surface area contributed by atoms with Crippen LogP contribution in [-0.2, 0) is 4.79 Å². The Labute approximate surface area is 120 Å². The second-order valence-electron chi connectivity index (χ2n) is 7.89. The fourth-order valence-electron chi connectivity index (χ4n) is 4.75. The second kappa shape index (κ2) is 3.89. The maximum atomic E-state index is 12.6. The van der Waals surface area contributed by atoms with Gasteiger partial charge in [-0.3, -0.25) is 4.79 Å². The molecule has 20 heavy (non-hydrogen) atoms. The predicted molar refractivity (Wildman–Crippen MR) is 76.2 cm³/mol. The highest BCUT2D eigenvalue weighted by Gasteiger charge is 2.62. The lowest BCUT2D eigenvalue weighted by Gasteiger charge is -2.43. The zero-order valence-electron chi connectivity index (χ0n) is 12.6. The van der Waals surface area contributed by atoms with Gasteiger partial charge < -0.3 is 16.3 Å². The molecule has 3 fully saturated rings. The van der Waals surface area contributed by atoms with Crippen molar-refractivity contribution < 1.29 is 10.0 Å². The van der Waals surface area contributed by atoms with Crippen LogP contribution in [0.5, 0.6) is 0 Å². The van der Waals surface area contributed by atoms with Crippen LogP contribution in [0.15, 0.2) is 5.16 Å². The number of carbonyl (C=O) groups is 1. The van der Waals surface area contributed by atoms with Crippen LogP contribution in [0, 0.1) is 22.2 Å². The van der Waals surface area contributed by atoms with E-state index in [0.717, 1.165) is 0 Å². The van der Waals surface area contributed by atoms with E-state index >= 15 is 0 Å². The fraction of sp³-hybridized carbons (Fsp3) is 0.867. The first-order chi connectivity index (χ1) is 9.26. The lowest BCUT2D eigenvalue weighted by Crippen LogP contribution is -2.55.